The van der Waals surface area contributed by atoms with Gasteiger partial charge < -0.3 is 41.1 Å². The molecule has 150 heavy (non-hydrogen) atoms. The molecule has 15 aromatic carbocycles. The molecule has 0 fully saturated rings. The number of carbonyl (C=O) groups excluding carboxylic acids is 1. The SMILES string of the molecule is C.CCn1cc(C(=O)Nc2ccc(Cc3cccc(F)c3)cn2)ccc1=O.CCn1cc(C(=O)O)ccc1=O.Fc1cccc(CBr)c1.Nc1ccc(B(O)O)cn1.Nc1ccc(Cc2cccc(F)c2)cn1.[Pd].c1ccc(P(c2ccccc2)c2ccccc2)cc1.c1ccc(P(c2ccccc2)c2ccccc2)cc1.c1ccc(P(c2ccccc2)c2ccccc2)cc1.c1ccc(P(c2ccccc2)c2ccccc2)cc1. The van der Waals surface area contributed by atoms with E-state index in [0.29, 0.717) is 59.7 Å². The Labute approximate surface area is 903 Å². The van der Waals surface area contributed by atoms with Crippen LogP contribution in [0, 0.1) is 17.5 Å². The molecule has 0 atom stereocenters. The number of nitrogens with one attached hydrogen (secondary N) is 1. The fourth-order valence-corrected chi connectivity index (χ4v) is 24.4. The van der Waals surface area contributed by atoms with Crippen molar-refractivity contribution in [2.24, 2.45) is 0 Å². The zero-order valence-corrected chi connectivity index (χ0v) is 88.5. The van der Waals surface area contributed by atoms with Gasteiger partial charge in [0.2, 0.25) is 0 Å². The van der Waals surface area contributed by atoms with E-state index in [1.54, 1.807) is 49.6 Å². The van der Waals surface area contributed by atoms with Crippen LogP contribution in [-0.2, 0) is 51.7 Å². The first-order chi connectivity index (χ1) is 72.3. The quantitative estimate of drug-likeness (QED) is 0.0199. The van der Waals surface area contributed by atoms with Crippen molar-refractivity contribution in [2.75, 3.05) is 16.8 Å². The Morgan fingerprint density at radius 2 is 0.573 bits per heavy atom. The second-order valence-electron chi connectivity index (χ2n) is 32.6. The minimum Gasteiger partial charge on any atom is -0.478 e. The van der Waals surface area contributed by atoms with Gasteiger partial charge in [-0.2, -0.15) is 0 Å². The van der Waals surface area contributed by atoms with Crippen molar-refractivity contribution in [3.8, 4) is 0 Å². The van der Waals surface area contributed by atoms with Crippen molar-refractivity contribution in [3.05, 3.63) is 606 Å². The number of hydrogen-bond acceptors (Lipinski definition) is 11. The summed E-state index contributed by atoms with van der Waals surface area (Å²) < 4.78 is 41.3. The predicted molar refractivity (Wildman–Crippen MR) is 624 cm³/mol. The molecule has 0 saturated carbocycles. The third-order valence-corrected chi connectivity index (χ3v) is 32.4. The first-order valence-electron chi connectivity index (χ1n) is 47.6. The van der Waals surface area contributed by atoms with Crippen LogP contribution in [0.2, 0.25) is 0 Å². The van der Waals surface area contributed by atoms with Crippen molar-refractivity contribution in [3.63, 3.8) is 0 Å². The summed E-state index contributed by atoms with van der Waals surface area (Å²) in [5.41, 5.74) is 15.9. The van der Waals surface area contributed by atoms with Crippen LogP contribution in [0.4, 0.5) is 30.6 Å². The molecule has 0 bridgehead atoms. The Morgan fingerprint density at radius 3 is 0.800 bits per heavy atom. The first-order valence-corrected chi connectivity index (χ1v) is 54.0. The van der Waals surface area contributed by atoms with Crippen molar-refractivity contribution in [1.29, 1.82) is 0 Å². The molecule has 20 rings (SSSR count). The number of aryl methyl sites for hydroxylation is 2. The molecule has 758 valence electrons. The third kappa shape index (κ3) is 38.5. The molecule has 8 N–H and O–H groups in total. The third-order valence-electron chi connectivity index (χ3n) is 22.0. The first kappa shape index (κ1) is 117. The van der Waals surface area contributed by atoms with Gasteiger partial charge in [0.1, 0.15) is 34.9 Å². The Kier molecular flexibility index (Phi) is 49.9. The second-order valence-corrected chi connectivity index (χ2v) is 42.1. The molecule has 5 aromatic heterocycles. The van der Waals surface area contributed by atoms with Crippen LogP contribution >= 0.6 is 47.6 Å². The summed E-state index contributed by atoms with van der Waals surface area (Å²) in [4.78, 5) is 57.2. The maximum absolute atomic E-state index is 13.2. The number of carboxylic acids is 1. The average Bonchev–Trinajstić information content (AvgIpc) is 0.822. The average molecular weight is 2220 g/mol. The summed E-state index contributed by atoms with van der Waals surface area (Å²) in [6, 6.07) is 164. The van der Waals surface area contributed by atoms with Gasteiger partial charge in [0, 0.05) is 87.4 Å². The molecule has 20 aromatic rings. The van der Waals surface area contributed by atoms with Gasteiger partial charge in [0.25, 0.3) is 17.0 Å². The van der Waals surface area contributed by atoms with Crippen molar-refractivity contribution in [1.82, 2.24) is 24.1 Å². The van der Waals surface area contributed by atoms with E-state index < -0.39 is 44.8 Å². The number of halogens is 4. The maximum Gasteiger partial charge on any atom is 0.490 e. The molecule has 15 nitrogen and oxygen atoms in total. The smallest absolute Gasteiger partial charge is 0.478 e. The van der Waals surface area contributed by atoms with E-state index in [1.807, 2.05) is 37.3 Å². The number of amides is 1. The molecule has 0 aliphatic carbocycles. The number of carbonyl (C=O) groups is 2. The Bertz CT molecular complexity index is 6600. The Balaban J connectivity index is 0.000000175. The van der Waals surface area contributed by atoms with Crippen LogP contribution < -0.4 is 97.0 Å². The van der Waals surface area contributed by atoms with Gasteiger partial charge in [-0.3, -0.25) is 14.4 Å². The van der Waals surface area contributed by atoms with Crippen molar-refractivity contribution < 1.29 is 58.3 Å². The number of nitrogens with zero attached hydrogens (tertiary/aromatic N) is 5. The van der Waals surface area contributed by atoms with Gasteiger partial charge in [0.15, 0.2) is 0 Å². The van der Waals surface area contributed by atoms with Crippen molar-refractivity contribution >= 4 is 153 Å². The molecule has 25 heteroatoms. The number of benzene rings is 15. The molecule has 0 spiro atoms. The number of pyridine rings is 5. The predicted octanol–water partition coefficient (Wildman–Crippen LogP) is 21.7. The van der Waals surface area contributed by atoms with E-state index in [-0.39, 0.29) is 67.9 Å². The monoisotopic (exact) mass is 2220 g/mol. The van der Waals surface area contributed by atoms with Gasteiger partial charge in [-0.25, -0.2) is 32.9 Å². The zero-order chi connectivity index (χ0) is 104. The van der Waals surface area contributed by atoms with E-state index >= 15 is 0 Å². The number of aromatic carboxylic acids is 1. The van der Waals surface area contributed by atoms with Gasteiger partial charge in [-0.15, -0.1) is 0 Å². The van der Waals surface area contributed by atoms with Gasteiger partial charge >= 0.3 is 13.1 Å². The molecular weight excluding hydrogens is 2100 g/mol. The van der Waals surface area contributed by atoms with Gasteiger partial charge in [-0.1, -0.05) is 442 Å². The summed E-state index contributed by atoms with van der Waals surface area (Å²) >= 11 is 3.22. The molecule has 1 amide bonds. The summed E-state index contributed by atoms with van der Waals surface area (Å²) in [6.07, 6.45) is 8.76. The van der Waals surface area contributed by atoms with E-state index in [9.17, 15) is 32.3 Å². The minimum atomic E-state index is -1.46. The molecule has 5 heterocycles. The van der Waals surface area contributed by atoms with E-state index in [1.165, 1.54) is 164 Å². The zero-order valence-electron chi connectivity index (χ0n) is 81.8. The van der Waals surface area contributed by atoms with Gasteiger partial charge in [0.05, 0.1) is 11.1 Å². The molecule has 0 saturated heterocycles. The topological polar surface area (TPSA) is 242 Å². The molecule has 0 aliphatic rings. The summed E-state index contributed by atoms with van der Waals surface area (Å²) in [6.45, 7) is 4.60. The van der Waals surface area contributed by atoms with E-state index in [2.05, 4.69) is 400 Å². The van der Waals surface area contributed by atoms with Crippen molar-refractivity contribution in [2.45, 2.75) is 52.5 Å². The maximum atomic E-state index is 13.2. The summed E-state index contributed by atoms with van der Waals surface area (Å²) in [7, 11) is -3.25. The number of carboxylic acid groups (broad SMARTS) is 1. The molecule has 0 radical (unpaired) electrons. The van der Waals surface area contributed by atoms with Crippen LogP contribution in [0.15, 0.2) is 538 Å². The van der Waals surface area contributed by atoms with Crippen LogP contribution in [-0.4, -0.2) is 58.2 Å². The number of anilines is 3. The van der Waals surface area contributed by atoms with Crippen LogP contribution in [0.5, 0.6) is 0 Å². The van der Waals surface area contributed by atoms with E-state index in [0.717, 1.165) is 27.8 Å². The number of nitrogen functional groups attached to an aromatic ring is 2. The van der Waals surface area contributed by atoms with Gasteiger partial charge in [-0.05, 0) is 217 Å². The van der Waals surface area contributed by atoms with Crippen LogP contribution in [0.1, 0.15) is 69.8 Å². The van der Waals surface area contributed by atoms with Crippen LogP contribution in [0.25, 0.3) is 0 Å². The Morgan fingerprint density at radius 1 is 0.320 bits per heavy atom. The largest absolute Gasteiger partial charge is 0.490 e. The molecule has 0 aliphatic heterocycles. The standard InChI is InChI=1S/C20H18FN3O2.4C18H15P.C12H11FN2.C8H9NO3.C7H6BrF.C5H7BN2O2.CH4.Pd/c1-2-24-13-16(7-9-19(24)25)20(26)23-18-8-6-15(12-22-18)10-14-4-3-5-17(21)11-14;4*1-4-10-16(11-5-1)19(17-12-6-2-7-13-17)18-14-8-3-9-15-18;13-11-3-1-2-9(7-11)6-10-4-5-12(14)15-8-10;1-2-9-5-6(8(11)12)3-4-7(9)10;8-5-6-2-1-3-7(9)4-6;7-5-2-1-4(3-8-5)6(9)10;;/h3-9,11-13H,2,10H2,1H3,(H,22,23,26);4*1-15H;1-5,7-8H,6H2,(H2,14,15);3-5H,2H2,1H3,(H,11,12);1-4H,5H2;1-3,9-10H,(H2,7,8);1H4;. The summed E-state index contributed by atoms with van der Waals surface area (Å²) in [5.74, 6) is -0.736. The molecular formula is C125H115BBrF3N8O7P4Pd. The fourth-order valence-electron chi connectivity index (χ4n) is 14.8. The number of alkyl halides is 1. The number of hydrogen-bond donors (Lipinski definition) is 6. The Hall–Kier alpha value is -15.2. The summed E-state index contributed by atoms with van der Waals surface area (Å²) in [5, 5.41) is 46.0. The fraction of sp³-hybridized carbons (Fsp3) is 0.0640. The van der Waals surface area contributed by atoms with E-state index in [4.69, 9.17) is 26.6 Å². The number of rotatable bonds is 23. The number of aromatic nitrogens is 5. The molecule has 0 unspecified atom stereocenters. The minimum absolute atomic E-state index is 0. The van der Waals surface area contributed by atoms with Crippen LogP contribution in [0.3, 0.4) is 0 Å². The normalized spacial score (nSPS) is 10.2. The second kappa shape index (κ2) is 64.2. The number of nitrogens with two attached hydrogens (primary N) is 2.